The van der Waals surface area contributed by atoms with Crippen LogP contribution in [0.25, 0.3) is 0 Å². The first-order valence-electron chi connectivity index (χ1n) is 7.25. The smallest absolute Gasteiger partial charge is 0.335 e. The third-order valence-corrected chi connectivity index (χ3v) is 3.26. The normalized spacial score (nSPS) is 11.0. The van der Waals surface area contributed by atoms with Crippen LogP contribution in [-0.2, 0) is 4.79 Å². The molecule has 0 aromatic heterocycles. The van der Waals surface area contributed by atoms with Gasteiger partial charge in [0, 0.05) is 11.2 Å². The first-order chi connectivity index (χ1) is 11.3. The van der Waals surface area contributed by atoms with Crippen LogP contribution >= 0.6 is 11.6 Å². The van der Waals surface area contributed by atoms with E-state index in [0.29, 0.717) is 22.0 Å². The van der Waals surface area contributed by atoms with Crippen LogP contribution < -0.4 is 4.74 Å². The van der Waals surface area contributed by atoms with Gasteiger partial charge in [-0.2, -0.15) is 0 Å². The number of rotatable bonds is 5. The highest BCUT2D eigenvalue weighted by atomic mass is 35.5. The molecular weight excluding hydrogens is 330 g/mol. The molecule has 24 heavy (non-hydrogen) atoms. The zero-order valence-electron chi connectivity index (χ0n) is 13.2. The summed E-state index contributed by atoms with van der Waals surface area (Å²) < 4.78 is 5.24. The molecule has 2 aromatic carbocycles. The van der Waals surface area contributed by atoms with Gasteiger partial charge in [0.15, 0.2) is 0 Å². The number of aromatic carboxylic acids is 1. The van der Waals surface area contributed by atoms with E-state index in [9.17, 15) is 9.59 Å². The fraction of sp³-hybridized carbons (Fsp3) is 0.167. The standard InChI is InChI=1S/C18H16ClNO4/c1-11(2)18(23)24-16-7-12(6-14(19)9-16)10-20-15-5-3-4-13(8-15)17(21)22/h3-11H,1-2H3,(H,21,22). The molecule has 0 fully saturated rings. The summed E-state index contributed by atoms with van der Waals surface area (Å²) in [7, 11) is 0. The number of aliphatic imine (C=N–C) groups is 1. The molecule has 0 radical (unpaired) electrons. The van der Waals surface area contributed by atoms with Gasteiger partial charge in [-0.3, -0.25) is 9.79 Å². The predicted molar refractivity (Wildman–Crippen MR) is 92.6 cm³/mol. The fourth-order valence-corrected chi connectivity index (χ4v) is 2.05. The number of carbonyl (C=O) groups is 2. The SMILES string of the molecule is CC(C)C(=O)Oc1cc(Cl)cc(C=Nc2cccc(C(=O)O)c2)c1. The zero-order chi connectivity index (χ0) is 17.7. The third kappa shape index (κ3) is 4.93. The minimum atomic E-state index is -1.02. The second kappa shape index (κ2) is 7.75. The zero-order valence-corrected chi connectivity index (χ0v) is 13.9. The lowest BCUT2D eigenvalue weighted by Gasteiger charge is -2.07. The molecule has 0 aliphatic carbocycles. The van der Waals surface area contributed by atoms with Crippen LogP contribution in [0.5, 0.6) is 5.75 Å². The summed E-state index contributed by atoms with van der Waals surface area (Å²) in [6.07, 6.45) is 1.53. The van der Waals surface area contributed by atoms with E-state index in [1.165, 1.54) is 18.3 Å². The maximum absolute atomic E-state index is 11.7. The van der Waals surface area contributed by atoms with Crippen molar-refractivity contribution in [3.05, 3.63) is 58.6 Å². The Kier molecular flexibility index (Phi) is 5.71. The number of carboxylic acids is 1. The molecule has 6 heteroatoms. The van der Waals surface area contributed by atoms with E-state index in [0.717, 1.165) is 0 Å². The van der Waals surface area contributed by atoms with Crippen LogP contribution in [0.4, 0.5) is 5.69 Å². The molecular formula is C18H16ClNO4. The van der Waals surface area contributed by atoms with E-state index in [-0.39, 0.29) is 17.5 Å². The van der Waals surface area contributed by atoms with Gasteiger partial charge in [-0.25, -0.2) is 4.79 Å². The Hall–Kier alpha value is -2.66. The summed E-state index contributed by atoms with van der Waals surface area (Å²) in [5.41, 5.74) is 1.28. The molecule has 2 aromatic rings. The second-order valence-corrected chi connectivity index (χ2v) is 5.85. The summed E-state index contributed by atoms with van der Waals surface area (Å²) in [5, 5.41) is 9.39. The van der Waals surface area contributed by atoms with Gasteiger partial charge in [0.05, 0.1) is 17.2 Å². The number of hydrogen-bond acceptors (Lipinski definition) is 4. The molecule has 0 aliphatic heterocycles. The first kappa shape index (κ1) is 17.7. The third-order valence-electron chi connectivity index (χ3n) is 3.04. The van der Waals surface area contributed by atoms with Crippen molar-refractivity contribution in [1.29, 1.82) is 0 Å². The van der Waals surface area contributed by atoms with Crippen LogP contribution in [0.3, 0.4) is 0 Å². The lowest BCUT2D eigenvalue weighted by atomic mass is 10.2. The molecule has 0 spiro atoms. The topological polar surface area (TPSA) is 76.0 Å². The van der Waals surface area contributed by atoms with Crippen molar-refractivity contribution in [3.63, 3.8) is 0 Å². The fourth-order valence-electron chi connectivity index (χ4n) is 1.82. The molecule has 1 N–H and O–H groups in total. The lowest BCUT2D eigenvalue weighted by molar-refractivity contribution is -0.137. The number of benzene rings is 2. The van der Waals surface area contributed by atoms with Crippen LogP contribution in [-0.4, -0.2) is 23.3 Å². The van der Waals surface area contributed by atoms with Crippen LogP contribution in [0.15, 0.2) is 47.5 Å². The van der Waals surface area contributed by atoms with Crippen LogP contribution in [0, 0.1) is 5.92 Å². The largest absolute Gasteiger partial charge is 0.478 e. The maximum Gasteiger partial charge on any atom is 0.335 e. The highest BCUT2D eigenvalue weighted by Crippen LogP contribution is 2.22. The number of ether oxygens (including phenoxy) is 1. The Bertz CT molecular complexity index is 799. The summed E-state index contributed by atoms with van der Waals surface area (Å²) in [6, 6.07) is 11.1. The lowest BCUT2D eigenvalue weighted by Crippen LogP contribution is -2.14. The molecule has 2 rings (SSSR count). The van der Waals surface area contributed by atoms with Crippen LogP contribution in [0.1, 0.15) is 29.8 Å². The Morgan fingerprint density at radius 1 is 1.21 bits per heavy atom. The number of nitrogens with zero attached hydrogens (tertiary/aromatic N) is 1. The monoisotopic (exact) mass is 345 g/mol. The van der Waals surface area contributed by atoms with Gasteiger partial charge < -0.3 is 9.84 Å². The van der Waals surface area contributed by atoms with Gasteiger partial charge in [-0.15, -0.1) is 0 Å². The van der Waals surface area contributed by atoms with Gasteiger partial charge in [0.2, 0.25) is 0 Å². The van der Waals surface area contributed by atoms with Gasteiger partial charge in [0.25, 0.3) is 0 Å². The second-order valence-electron chi connectivity index (χ2n) is 5.41. The number of halogens is 1. The Labute approximate surface area is 144 Å². The van der Waals surface area contributed by atoms with Crippen molar-refractivity contribution in [1.82, 2.24) is 0 Å². The average Bonchev–Trinajstić information content (AvgIpc) is 2.52. The van der Waals surface area contributed by atoms with Crippen molar-refractivity contribution >= 4 is 35.4 Å². The minimum Gasteiger partial charge on any atom is -0.478 e. The molecule has 0 heterocycles. The molecule has 0 atom stereocenters. The minimum absolute atomic E-state index is 0.155. The number of carbonyl (C=O) groups excluding carboxylic acids is 1. The molecule has 124 valence electrons. The van der Waals surface area contributed by atoms with Crippen LogP contribution in [0.2, 0.25) is 5.02 Å². The molecule has 0 unspecified atom stereocenters. The van der Waals surface area contributed by atoms with Gasteiger partial charge in [-0.05, 0) is 42.0 Å². The average molecular weight is 346 g/mol. The summed E-state index contributed by atoms with van der Waals surface area (Å²) >= 11 is 6.03. The van der Waals surface area contributed by atoms with Gasteiger partial charge in [-0.1, -0.05) is 31.5 Å². The highest BCUT2D eigenvalue weighted by Gasteiger charge is 2.10. The van der Waals surface area contributed by atoms with Crippen molar-refractivity contribution in [2.75, 3.05) is 0 Å². The van der Waals surface area contributed by atoms with E-state index in [1.54, 1.807) is 44.2 Å². The van der Waals surface area contributed by atoms with E-state index >= 15 is 0 Å². The van der Waals surface area contributed by atoms with Crippen molar-refractivity contribution in [2.24, 2.45) is 10.9 Å². The summed E-state index contributed by atoms with van der Waals surface area (Å²) in [4.78, 5) is 26.8. The molecule has 0 aliphatic rings. The Balaban J connectivity index is 2.23. The maximum atomic E-state index is 11.7. The van der Waals surface area contributed by atoms with E-state index in [2.05, 4.69) is 4.99 Å². The first-order valence-corrected chi connectivity index (χ1v) is 7.62. The summed E-state index contributed by atoms with van der Waals surface area (Å²) in [6.45, 7) is 3.48. The molecule has 0 saturated heterocycles. The number of carboxylic acid groups (broad SMARTS) is 1. The Morgan fingerprint density at radius 2 is 1.96 bits per heavy atom. The van der Waals surface area contributed by atoms with Crippen molar-refractivity contribution < 1.29 is 19.4 Å². The van der Waals surface area contributed by atoms with E-state index < -0.39 is 5.97 Å². The molecule has 0 amide bonds. The summed E-state index contributed by atoms with van der Waals surface area (Å²) in [5.74, 6) is -1.28. The van der Waals surface area contributed by atoms with Crippen molar-refractivity contribution in [3.8, 4) is 5.75 Å². The van der Waals surface area contributed by atoms with Crippen molar-refractivity contribution in [2.45, 2.75) is 13.8 Å². The number of hydrogen-bond donors (Lipinski definition) is 1. The highest BCUT2D eigenvalue weighted by molar-refractivity contribution is 6.31. The van der Waals surface area contributed by atoms with E-state index in [4.69, 9.17) is 21.4 Å². The molecule has 5 nitrogen and oxygen atoms in total. The molecule has 0 saturated carbocycles. The van der Waals surface area contributed by atoms with E-state index in [1.807, 2.05) is 0 Å². The Morgan fingerprint density at radius 3 is 2.62 bits per heavy atom. The number of esters is 1. The molecule has 0 bridgehead atoms. The van der Waals surface area contributed by atoms with Gasteiger partial charge >= 0.3 is 11.9 Å². The quantitative estimate of drug-likeness (QED) is 0.496. The predicted octanol–water partition coefficient (Wildman–Crippen LogP) is 4.35. The van der Waals surface area contributed by atoms with Gasteiger partial charge in [0.1, 0.15) is 5.75 Å².